The number of halogens is 2. The summed E-state index contributed by atoms with van der Waals surface area (Å²) in [7, 11) is 1.61. The van der Waals surface area contributed by atoms with Gasteiger partial charge in [-0.1, -0.05) is 0 Å². The van der Waals surface area contributed by atoms with Gasteiger partial charge in [0.1, 0.15) is 11.6 Å². The first-order valence-corrected chi connectivity index (χ1v) is 7.67. The van der Waals surface area contributed by atoms with Crippen LogP contribution in [0.25, 0.3) is 10.9 Å². The van der Waals surface area contributed by atoms with Crippen molar-refractivity contribution in [3.8, 4) is 0 Å². The molecule has 0 spiro atoms. The Morgan fingerprint density at radius 1 is 1.41 bits per heavy atom. The second kappa shape index (κ2) is 3.95. The van der Waals surface area contributed by atoms with Crippen LogP contribution in [0.4, 0.5) is 4.39 Å². The zero-order valence-electron chi connectivity index (χ0n) is 11.7. The van der Waals surface area contributed by atoms with Gasteiger partial charge in [0, 0.05) is 16.9 Å². The molecule has 3 saturated carbocycles. The van der Waals surface area contributed by atoms with Crippen LogP contribution in [0.15, 0.2) is 21.4 Å². The van der Waals surface area contributed by atoms with Crippen molar-refractivity contribution in [1.82, 2.24) is 9.55 Å². The highest BCUT2D eigenvalue weighted by Gasteiger charge is 2.74. The van der Waals surface area contributed by atoms with E-state index in [-0.39, 0.29) is 16.4 Å². The number of benzene rings is 1. The monoisotopic (exact) mass is 366 g/mol. The maximum Gasteiger partial charge on any atom is 0.309 e. The Morgan fingerprint density at radius 3 is 2.64 bits per heavy atom. The van der Waals surface area contributed by atoms with E-state index in [0.29, 0.717) is 35.1 Å². The average Bonchev–Trinajstić information content (AvgIpc) is 2.32. The van der Waals surface area contributed by atoms with Gasteiger partial charge in [-0.25, -0.2) is 9.37 Å². The van der Waals surface area contributed by atoms with Crippen LogP contribution in [0.5, 0.6) is 0 Å². The number of nitrogens with zero attached hydrogens (tertiary/aromatic N) is 2. The first-order chi connectivity index (χ1) is 10.3. The van der Waals surface area contributed by atoms with Crippen molar-refractivity contribution in [1.29, 1.82) is 0 Å². The quantitative estimate of drug-likeness (QED) is 0.885. The van der Waals surface area contributed by atoms with Crippen molar-refractivity contribution in [2.75, 3.05) is 0 Å². The fraction of sp³-hybridized carbons (Fsp3) is 0.400. The number of fused-ring (bicyclic) bond motifs is 1. The Kier molecular flexibility index (Phi) is 2.49. The number of carbonyl (C=O) groups is 1. The fourth-order valence-corrected chi connectivity index (χ4v) is 4.55. The molecule has 1 heterocycles. The molecular formula is C15H12BrFN2O3. The van der Waals surface area contributed by atoms with Crippen LogP contribution >= 0.6 is 15.9 Å². The maximum absolute atomic E-state index is 13.5. The Hall–Kier alpha value is -1.76. The van der Waals surface area contributed by atoms with Gasteiger partial charge in [-0.3, -0.25) is 14.2 Å². The molecule has 1 aromatic heterocycles. The molecule has 5 rings (SSSR count). The second-order valence-corrected chi connectivity index (χ2v) is 7.33. The standard InChI is InChI=1S/C15H12BrFN2O3/c1-19-11(20)8-2-7(17)3-9(16)10(8)18-12(19)14-4-15(5-14,6-14)13(21)22/h2-3H,4-6H2,1H3,(H,21,22). The molecule has 3 aliphatic carbocycles. The third-order valence-electron chi connectivity index (χ3n) is 5.06. The third-order valence-corrected chi connectivity index (χ3v) is 5.66. The molecular weight excluding hydrogens is 355 g/mol. The molecule has 3 aliphatic rings. The van der Waals surface area contributed by atoms with Gasteiger partial charge in [0.2, 0.25) is 0 Å². The minimum atomic E-state index is -0.775. The summed E-state index contributed by atoms with van der Waals surface area (Å²) < 4.78 is 15.4. The van der Waals surface area contributed by atoms with Gasteiger partial charge in [0.05, 0.1) is 16.3 Å². The third kappa shape index (κ3) is 1.49. The van der Waals surface area contributed by atoms with E-state index in [1.54, 1.807) is 7.05 Å². The average molecular weight is 367 g/mol. The van der Waals surface area contributed by atoms with Crippen molar-refractivity contribution in [3.05, 3.63) is 38.6 Å². The van der Waals surface area contributed by atoms with Crippen LogP contribution in [0.1, 0.15) is 25.1 Å². The molecule has 2 bridgehead atoms. The van der Waals surface area contributed by atoms with Crippen LogP contribution in [-0.4, -0.2) is 20.6 Å². The van der Waals surface area contributed by atoms with E-state index < -0.39 is 17.2 Å². The lowest BCUT2D eigenvalue weighted by Gasteiger charge is -2.67. The largest absolute Gasteiger partial charge is 0.481 e. The topological polar surface area (TPSA) is 72.2 Å². The van der Waals surface area contributed by atoms with Crippen molar-refractivity contribution in [2.24, 2.45) is 12.5 Å². The number of hydrogen-bond donors (Lipinski definition) is 1. The Morgan fingerprint density at radius 2 is 2.05 bits per heavy atom. The maximum atomic E-state index is 13.5. The lowest BCUT2D eigenvalue weighted by molar-refractivity contribution is -0.196. The lowest BCUT2D eigenvalue weighted by Crippen LogP contribution is -2.69. The van der Waals surface area contributed by atoms with Gasteiger partial charge in [0.25, 0.3) is 5.56 Å². The summed E-state index contributed by atoms with van der Waals surface area (Å²) in [6.45, 7) is 0. The van der Waals surface area contributed by atoms with Gasteiger partial charge < -0.3 is 5.11 Å². The highest BCUT2D eigenvalue weighted by atomic mass is 79.9. The highest BCUT2D eigenvalue weighted by molar-refractivity contribution is 9.10. The molecule has 114 valence electrons. The molecule has 0 atom stereocenters. The predicted octanol–water partition coefficient (Wildman–Crippen LogP) is 2.34. The van der Waals surface area contributed by atoms with E-state index >= 15 is 0 Å². The number of carboxylic acid groups (broad SMARTS) is 1. The summed E-state index contributed by atoms with van der Waals surface area (Å²) in [5, 5.41) is 9.44. The number of carboxylic acids is 1. The molecule has 0 unspecified atom stereocenters. The van der Waals surface area contributed by atoms with Gasteiger partial charge in [0.15, 0.2) is 0 Å². The van der Waals surface area contributed by atoms with E-state index in [4.69, 9.17) is 0 Å². The molecule has 3 fully saturated rings. The SMILES string of the molecule is Cn1c(C23CC(C(=O)O)(C2)C3)nc2c(Br)cc(F)cc2c1=O. The first-order valence-electron chi connectivity index (χ1n) is 6.88. The van der Waals surface area contributed by atoms with E-state index in [2.05, 4.69) is 20.9 Å². The van der Waals surface area contributed by atoms with E-state index in [9.17, 15) is 19.1 Å². The van der Waals surface area contributed by atoms with Gasteiger partial charge in [-0.15, -0.1) is 0 Å². The highest BCUT2D eigenvalue weighted by Crippen LogP contribution is 2.73. The zero-order valence-corrected chi connectivity index (χ0v) is 13.3. The summed E-state index contributed by atoms with van der Waals surface area (Å²) in [6.07, 6.45) is 1.54. The molecule has 22 heavy (non-hydrogen) atoms. The Labute approximate surface area is 132 Å². The zero-order chi connectivity index (χ0) is 15.9. The molecule has 0 saturated heterocycles. The fourth-order valence-electron chi connectivity index (χ4n) is 4.03. The summed E-state index contributed by atoms with van der Waals surface area (Å²) >= 11 is 3.25. The van der Waals surface area contributed by atoms with Gasteiger partial charge in [-0.2, -0.15) is 0 Å². The van der Waals surface area contributed by atoms with E-state index in [0.717, 1.165) is 0 Å². The van der Waals surface area contributed by atoms with Crippen molar-refractivity contribution < 1.29 is 14.3 Å². The normalized spacial score (nSPS) is 29.0. The molecule has 7 heteroatoms. The van der Waals surface area contributed by atoms with Gasteiger partial charge >= 0.3 is 5.97 Å². The minimum absolute atomic E-state index is 0.220. The second-order valence-electron chi connectivity index (χ2n) is 6.48. The number of hydrogen-bond acceptors (Lipinski definition) is 3. The van der Waals surface area contributed by atoms with Crippen molar-refractivity contribution in [3.63, 3.8) is 0 Å². The van der Waals surface area contributed by atoms with Crippen LogP contribution in [0.3, 0.4) is 0 Å². The first kappa shape index (κ1) is 13.9. The molecule has 0 amide bonds. The van der Waals surface area contributed by atoms with Crippen molar-refractivity contribution in [2.45, 2.75) is 24.7 Å². The molecule has 5 nitrogen and oxygen atoms in total. The lowest BCUT2D eigenvalue weighted by atomic mass is 9.35. The molecule has 1 aromatic carbocycles. The van der Waals surface area contributed by atoms with E-state index in [1.807, 2.05) is 0 Å². The van der Waals surface area contributed by atoms with Crippen LogP contribution in [0.2, 0.25) is 0 Å². The van der Waals surface area contributed by atoms with Gasteiger partial charge in [-0.05, 0) is 47.3 Å². The Bertz CT molecular complexity index is 901. The van der Waals surface area contributed by atoms with E-state index in [1.165, 1.54) is 16.7 Å². The van der Waals surface area contributed by atoms with Crippen LogP contribution in [0, 0.1) is 11.2 Å². The molecule has 2 aromatic rings. The summed E-state index contributed by atoms with van der Waals surface area (Å²) in [6, 6.07) is 2.46. The number of aromatic nitrogens is 2. The minimum Gasteiger partial charge on any atom is -0.481 e. The summed E-state index contributed by atoms with van der Waals surface area (Å²) in [5.74, 6) is -0.676. The number of rotatable bonds is 2. The summed E-state index contributed by atoms with van der Waals surface area (Å²) in [4.78, 5) is 28.3. The molecule has 0 aliphatic heterocycles. The van der Waals surface area contributed by atoms with Crippen LogP contribution < -0.4 is 5.56 Å². The molecule has 1 N–H and O–H groups in total. The smallest absolute Gasteiger partial charge is 0.309 e. The van der Waals surface area contributed by atoms with Crippen LogP contribution in [-0.2, 0) is 17.3 Å². The summed E-state index contributed by atoms with van der Waals surface area (Å²) in [5.41, 5.74) is -0.844. The molecule has 0 radical (unpaired) electrons. The predicted molar refractivity (Wildman–Crippen MR) is 80.2 cm³/mol. The number of aliphatic carboxylic acids is 1. The van der Waals surface area contributed by atoms with Crippen molar-refractivity contribution >= 4 is 32.8 Å². The Balaban J connectivity index is 1.90.